The minimum Gasteiger partial charge on any atom is -0.496 e. The SMILES string of the molecule is COc1cc(C(CC=C(C)C)OC(=O)c2ccccn2)c(OC)c2c(N=O)ccc(NO)c12. The summed E-state index contributed by atoms with van der Waals surface area (Å²) in [6.07, 6.45) is 2.99. The molecule has 2 aromatic carbocycles. The van der Waals surface area contributed by atoms with Crippen LogP contribution in [0.3, 0.4) is 0 Å². The molecule has 2 N–H and O–H groups in total. The van der Waals surface area contributed by atoms with Crippen molar-refractivity contribution in [1.82, 2.24) is 4.98 Å². The van der Waals surface area contributed by atoms with Crippen molar-refractivity contribution in [2.75, 3.05) is 19.7 Å². The van der Waals surface area contributed by atoms with Gasteiger partial charge in [-0.1, -0.05) is 17.7 Å². The lowest BCUT2D eigenvalue weighted by Crippen LogP contribution is -2.14. The van der Waals surface area contributed by atoms with Crippen molar-refractivity contribution in [1.29, 1.82) is 0 Å². The van der Waals surface area contributed by atoms with Crippen LogP contribution in [-0.2, 0) is 4.74 Å². The summed E-state index contributed by atoms with van der Waals surface area (Å²) in [7, 11) is 2.90. The van der Waals surface area contributed by atoms with Gasteiger partial charge in [0.2, 0.25) is 0 Å². The molecule has 0 spiro atoms. The van der Waals surface area contributed by atoms with E-state index in [9.17, 15) is 14.9 Å². The zero-order chi connectivity index (χ0) is 24.0. The maximum absolute atomic E-state index is 12.8. The molecule has 0 amide bonds. The number of ether oxygens (including phenoxy) is 3. The molecule has 0 saturated heterocycles. The number of nitrogens with one attached hydrogen (secondary N) is 1. The molecular formula is C24H25N3O6. The molecular weight excluding hydrogens is 426 g/mol. The third-order valence-electron chi connectivity index (χ3n) is 5.06. The first-order valence-corrected chi connectivity index (χ1v) is 10.2. The van der Waals surface area contributed by atoms with Crippen molar-refractivity contribution < 1.29 is 24.2 Å². The molecule has 0 bridgehead atoms. The second-order valence-electron chi connectivity index (χ2n) is 7.41. The number of allylic oxidation sites excluding steroid dienone is 1. The Balaban J connectivity index is 2.26. The molecule has 1 heterocycles. The Morgan fingerprint density at radius 2 is 1.97 bits per heavy atom. The van der Waals surface area contributed by atoms with Crippen LogP contribution in [-0.4, -0.2) is 30.4 Å². The van der Waals surface area contributed by atoms with Gasteiger partial charge in [0.05, 0.1) is 30.7 Å². The van der Waals surface area contributed by atoms with Crippen LogP contribution in [0.5, 0.6) is 11.5 Å². The van der Waals surface area contributed by atoms with Crippen LogP contribution in [0.15, 0.2) is 59.4 Å². The topological polar surface area (TPSA) is 119 Å². The number of anilines is 1. The summed E-state index contributed by atoms with van der Waals surface area (Å²) >= 11 is 0. The zero-order valence-corrected chi connectivity index (χ0v) is 18.8. The fourth-order valence-corrected chi connectivity index (χ4v) is 3.54. The van der Waals surface area contributed by atoms with E-state index in [2.05, 4.69) is 15.6 Å². The lowest BCUT2D eigenvalue weighted by molar-refractivity contribution is 0.0291. The van der Waals surface area contributed by atoms with Crippen LogP contribution in [0, 0.1) is 4.91 Å². The maximum atomic E-state index is 12.8. The maximum Gasteiger partial charge on any atom is 0.357 e. The van der Waals surface area contributed by atoms with Crippen molar-refractivity contribution >= 4 is 28.1 Å². The number of benzene rings is 2. The number of carbonyl (C=O) groups is 1. The molecule has 0 aliphatic carbocycles. The van der Waals surface area contributed by atoms with Crippen molar-refractivity contribution in [2.45, 2.75) is 26.4 Å². The molecule has 9 nitrogen and oxygen atoms in total. The summed E-state index contributed by atoms with van der Waals surface area (Å²) in [6.45, 7) is 3.87. The molecule has 1 aromatic heterocycles. The number of aromatic nitrogens is 1. The molecule has 0 aliphatic rings. The van der Waals surface area contributed by atoms with Gasteiger partial charge in [-0.2, -0.15) is 0 Å². The first-order chi connectivity index (χ1) is 15.9. The van der Waals surface area contributed by atoms with Gasteiger partial charge in [-0.15, -0.1) is 4.91 Å². The van der Waals surface area contributed by atoms with Crippen molar-refractivity contribution in [2.24, 2.45) is 5.18 Å². The van der Waals surface area contributed by atoms with Gasteiger partial charge in [-0.3, -0.25) is 10.7 Å². The highest BCUT2D eigenvalue weighted by Crippen LogP contribution is 2.48. The number of pyridine rings is 1. The average Bonchev–Trinajstić information content (AvgIpc) is 2.84. The van der Waals surface area contributed by atoms with Gasteiger partial charge >= 0.3 is 5.97 Å². The van der Waals surface area contributed by atoms with E-state index in [1.54, 1.807) is 24.3 Å². The predicted molar refractivity (Wildman–Crippen MR) is 124 cm³/mol. The van der Waals surface area contributed by atoms with E-state index in [1.165, 1.54) is 32.5 Å². The monoisotopic (exact) mass is 451 g/mol. The summed E-state index contributed by atoms with van der Waals surface area (Å²) in [6, 6.07) is 9.57. The molecule has 0 fully saturated rings. The number of hydrogen-bond acceptors (Lipinski definition) is 9. The van der Waals surface area contributed by atoms with E-state index >= 15 is 0 Å². The predicted octanol–water partition coefficient (Wildman–Crippen LogP) is 5.71. The summed E-state index contributed by atoms with van der Waals surface area (Å²) in [5.41, 5.74) is 4.15. The Morgan fingerprint density at radius 1 is 1.18 bits per heavy atom. The second kappa shape index (κ2) is 10.6. The van der Waals surface area contributed by atoms with Crippen molar-refractivity contribution in [3.8, 4) is 11.5 Å². The quantitative estimate of drug-likeness (QED) is 0.184. The highest BCUT2D eigenvalue weighted by atomic mass is 16.5. The van der Waals surface area contributed by atoms with Crippen molar-refractivity contribution in [3.63, 3.8) is 0 Å². The second-order valence-corrected chi connectivity index (χ2v) is 7.41. The lowest BCUT2D eigenvalue weighted by atomic mass is 9.96. The van der Waals surface area contributed by atoms with E-state index < -0.39 is 12.1 Å². The Bertz CT molecular complexity index is 1190. The molecule has 172 valence electrons. The minimum absolute atomic E-state index is 0.0815. The number of nitrogens with zero attached hydrogens (tertiary/aromatic N) is 2. The number of hydrogen-bond donors (Lipinski definition) is 2. The Morgan fingerprint density at radius 3 is 2.55 bits per heavy atom. The third kappa shape index (κ3) is 4.93. The first-order valence-electron chi connectivity index (χ1n) is 10.2. The summed E-state index contributed by atoms with van der Waals surface area (Å²) < 4.78 is 17.1. The minimum atomic E-state index is -0.784. The number of esters is 1. The first kappa shape index (κ1) is 23.7. The Labute approximate surface area is 190 Å². The van der Waals surface area contributed by atoms with Crippen LogP contribution >= 0.6 is 0 Å². The molecule has 3 aromatic rings. The van der Waals surface area contributed by atoms with E-state index in [4.69, 9.17) is 14.2 Å². The van der Waals surface area contributed by atoms with Gasteiger partial charge in [-0.25, -0.2) is 9.78 Å². The molecule has 0 radical (unpaired) electrons. The summed E-state index contributed by atoms with van der Waals surface area (Å²) in [5, 5.41) is 13.4. The van der Waals surface area contributed by atoms with Gasteiger partial charge in [-0.05, 0) is 49.4 Å². The van der Waals surface area contributed by atoms with Gasteiger partial charge in [0.25, 0.3) is 0 Å². The van der Waals surface area contributed by atoms with Gasteiger partial charge in [0.1, 0.15) is 29.0 Å². The zero-order valence-electron chi connectivity index (χ0n) is 18.8. The Hall–Kier alpha value is -3.98. The molecule has 33 heavy (non-hydrogen) atoms. The fraction of sp³-hybridized carbons (Fsp3) is 0.250. The largest absolute Gasteiger partial charge is 0.496 e. The van der Waals surface area contributed by atoms with Gasteiger partial charge < -0.3 is 14.2 Å². The number of rotatable bonds is 9. The molecule has 1 unspecified atom stereocenters. The van der Waals surface area contributed by atoms with Crippen LogP contribution in [0.2, 0.25) is 0 Å². The Kier molecular flexibility index (Phi) is 7.57. The van der Waals surface area contributed by atoms with Crippen LogP contribution in [0.4, 0.5) is 11.4 Å². The van der Waals surface area contributed by atoms with Crippen molar-refractivity contribution in [3.05, 3.63) is 70.4 Å². The average molecular weight is 451 g/mol. The smallest absolute Gasteiger partial charge is 0.357 e. The van der Waals surface area contributed by atoms with E-state index in [-0.39, 0.29) is 17.1 Å². The standard InChI is InChI=1S/C24H25N3O6/c1-14(2)8-11-19(33-24(28)18-7-5-6-12-25-18)15-13-20(31-3)21-16(26-29)9-10-17(27-30)22(21)23(15)32-4/h5-10,12-13,19,26,29H,11H2,1-4H3. The van der Waals surface area contributed by atoms with Gasteiger partial charge in [0, 0.05) is 18.2 Å². The molecule has 9 heteroatoms. The van der Waals surface area contributed by atoms with Crippen LogP contribution in [0.1, 0.15) is 42.4 Å². The van der Waals surface area contributed by atoms with Gasteiger partial charge in [0.15, 0.2) is 0 Å². The molecule has 0 saturated carbocycles. The number of nitroso groups, excluding NO2 is 1. The highest BCUT2D eigenvalue weighted by molar-refractivity contribution is 6.08. The third-order valence-corrected chi connectivity index (χ3v) is 5.06. The number of fused-ring (bicyclic) bond motifs is 1. The highest BCUT2D eigenvalue weighted by Gasteiger charge is 2.27. The normalized spacial score (nSPS) is 11.4. The number of carbonyl (C=O) groups excluding carboxylic acids is 1. The van der Waals surface area contributed by atoms with E-state index in [1.807, 2.05) is 19.9 Å². The van der Waals surface area contributed by atoms with E-state index in [0.29, 0.717) is 34.2 Å². The fourth-order valence-electron chi connectivity index (χ4n) is 3.54. The molecule has 1 atom stereocenters. The summed E-state index contributed by atoms with van der Waals surface area (Å²) in [5.74, 6) is 0.000737. The molecule has 0 aliphatic heterocycles. The lowest BCUT2D eigenvalue weighted by Gasteiger charge is -2.23. The van der Waals surface area contributed by atoms with Crippen LogP contribution < -0.4 is 15.0 Å². The molecule has 3 rings (SSSR count). The van der Waals surface area contributed by atoms with Crippen LogP contribution in [0.25, 0.3) is 10.8 Å². The summed E-state index contributed by atoms with van der Waals surface area (Å²) in [4.78, 5) is 28.5. The van der Waals surface area contributed by atoms with E-state index in [0.717, 1.165) is 5.57 Å². The number of methoxy groups -OCH3 is 2.